The van der Waals surface area contributed by atoms with E-state index in [4.69, 9.17) is 21.1 Å². The topological polar surface area (TPSA) is 112 Å². The van der Waals surface area contributed by atoms with Crippen LogP contribution in [0.3, 0.4) is 0 Å². The zero-order valence-electron chi connectivity index (χ0n) is 14.3. The van der Waals surface area contributed by atoms with Crippen molar-refractivity contribution < 1.29 is 9.13 Å². The summed E-state index contributed by atoms with van der Waals surface area (Å²) in [5.41, 5.74) is 9.24. The van der Waals surface area contributed by atoms with Crippen molar-refractivity contribution in [1.82, 2.24) is 10.2 Å². The lowest BCUT2D eigenvalue weighted by Crippen LogP contribution is -2.08. The monoisotopic (exact) mass is 361 g/mol. The number of rotatable bonds is 4. The zero-order valence-corrected chi connectivity index (χ0v) is 14.3. The second kappa shape index (κ2) is 6.57. The summed E-state index contributed by atoms with van der Waals surface area (Å²) in [6.45, 7) is 0. The molecule has 2 aromatic carbocycles. The molecule has 4 rings (SSSR count). The van der Waals surface area contributed by atoms with Gasteiger partial charge in [0.15, 0.2) is 0 Å². The van der Waals surface area contributed by atoms with Crippen molar-refractivity contribution >= 4 is 11.4 Å². The van der Waals surface area contributed by atoms with Gasteiger partial charge in [0.2, 0.25) is 0 Å². The molecule has 0 aliphatic heterocycles. The molecule has 0 spiro atoms. The fraction of sp³-hybridized carbons (Fsp3) is 0.150. The lowest BCUT2D eigenvalue weighted by molar-refractivity contribution is 0.207. The molecule has 27 heavy (non-hydrogen) atoms. The number of nitrogens with one attached hydrogen (secondary N) is 2. The first-order chi connectivity index (χ1) is 13.1. The first-order valence-electron chi connectivity index (χ1n) is 8.44. The summed E-state index contributed by atoms with van der Waals surface area (Å²) >= 11 is 0. The highest BCUT2D eigenvalue weighted by molar-refractivity contribution is 6.13. The summed E-state index contributed by atoms with van der Waals surface area (Å²) in [6.07, 6.45) is 4.02. The van der Waals surface area contributed by atoms with Crippen LogP contribution < -0.4 is 10.5 Å². The highest BCUT2D eigenvalue weighted by Crippen LogP contribution is 2.37. The molecular weight excluding hydrogens is 345 g/mol. The number of aromatic nitrogens is 2. The summed E-state index contributed by atoms with van der Waals surface area (Å²) in [5.74, 6) is 0.0934. The fourth-order valence-electron chi connectivity index (χ4n) is 3.36. The van der Waals surface area contributed by atoms with Crippen LogP contribution in [0.15, 0.2) is 42.7 Å². The molecule has 1 aliphatic carbocycles. The number of ether oxygens (including phenoxy) is 1. The predicted octanol–water partition coefficient (Wildman–Crippen LogP) is 3.49. The molecule has 1 aliphatic rings. The van der Waals surface area contributed by atoms with Gasteiger partial charge in [-0.2, -0.15) is 10.4 Å². The van der Waals surface area contributed by atoms with Crippen molar-refractivity contribution in [2.45, 2.75) is 18.9 Å². The summed E-state index contributed by atoms with van der Waals surface area (Å²) in [5, 5.41) is 23.8. The second-order valence-electron chi connectivity index (χ2n) is 6.36. The van der Waals surface area contributed by atoms with E-state index in [2.05, 4.69) is 10.2 Å². The Morgan fingerprint density at radius 1 is 1.37 bits per heavy atom. The Balaban J connectivity index is 1.62. The van der Waals surface area contributed by atoms with Gasteiger partial charge in [0.1, 0.15) is 23.7 Å². The van der Waals surface area contributed by atoms with Gasteiger partial charge in [0, 0.05) is 23.0 Å². The van der Waals surface area contributed by atoms with Crippen LogP contribution in [-0.2, 0) is 6.42 Å². The van der Waals surface area contributed by atoms with Crippen molar-refractivity contribution in [3.8, 4) is 11.8 Å². The van der Waals surface area contributed by atoms with Crippen molar-refractivity contribution in [1.29, 1.82) is 10.7 Å². The number of halogens is 1. The van der Waals surface area contributed by atoms with Crippen molar-refractivity contribution in [3.63, 3.8) is 0 Å². The molecular formula is C20H16FN5O. The summed E-state index contributed by atoms with van der Waals surface area (Å²) in [4.78, 5) is 0. The predicted molar refractivity (Wildman–Crippen MR) is 98.2 cm³/mol. The first kappa shape index (κ1) is 16.8. The summed E-state index contributed by atoms with van der Waals surface area (Å²) in [6, 6.07) is 10.2. The number of nitrogens with zero attached hydrogens (tertiary/aromatic N) is 2. The van der Waals surface area contributed by atoms with Crippen LogP contribution in [0.25, 0.3) is 0 Å². The number of aromatic amines is 1. The van der Waals surface area contributed by atoms with Gasteiger partial charge in [-0.25, -0.2) is 4.39 Å². The number of hydrogen-bond acceptors (Lipinski definition) is 5. The lowest BCUT2D eigenvalue weighted by atomic mass is 10.0. The number of H-pyrrole nitrogens is 1. The molecule has 0 saturated heterocycles. The normalized spacial score (nSPS) is 15.2. The average Bonchev–Trinajstić information content (AvgIpc) is 3.34. The fourth-order valence-corrected chi connectivity index (χ4v) is 3.36. The minimum Gasteiger partial charge on any atom is -0.486 e. The van der Waals surface area contributed by atoms with Gasteiger partial charge in [-0.05, 0) is 48.2 Å². The number of fused-ring (bicyclic) bond motifs is 1. The minimum absolute atomic E-state index is 0.0535. The van der Waals surface area contributed by atoms with Gasteiger partial charge in [-0.3, -0.25) is 10.5 Å². The average molecular weight is 361 g/mol. The van der Waals surface area contributed by atoms with Crippen LogP contribution in [-0.4, -0.2) is 15.9 Å². The van der Waals surface area contributed by atoms with E-state index < -0.39 is 5.82 Å². The molecule has 4 N–H and O–H groups in total. The van der Waals surface area contributed by atoms with Crippen LogP contribution >= 0.6 is 0 Å². The van der Waals surface area contributed by atoms with Crippen LogP contribution in [0.5, 0.6) is 5.75 Å². The SMILES string of the molecule is N#Cc1ccc2c(c1F)CCC2Oc1ccc(N)c(C(=N)c2cn[nH]c2)c1. The van der Waals surface area contributed by atoms with E-state index in [1.807, 2.05) is 6.07 Å². The van der Waals surface area contributed by atoms with Crippen LogP contribution in [0.2, 0.25) is 0 Å². The first-order valence-corrected chi connectivity index (χ1v) is 8.44. The number of nitriles is 1. The van der Waals surface area contributed by atoms with Crippen LogP contribution in [0.4, 0.5) is 10.1 Å². The van der Waals surface area contributed by atoms with E-state index in [9.17, 15) is 4.39 Å². The van der Waals surface area contributed by atoms with E-state index >= 15 is 0 Å². The third-order valence-corrected chi connectivity index (χ3v) is 4.76. The molecule has 0 fully saturated rings. The van der Waals surface area contributed by atoms with Gasteiger partial charge in [0.25, 0.3) is 0 Å². The van der Waals surface area contributed by atoms with Gasteiger partial charge >= 0.3 is 0 Å². The number of nitrogens with two attached hydrogens (primary N) is 1. The van der Waals surface area contributed by atoms with Crippen LogP contribution in [0, 0.1) is 22.6 Å². The van der Waals surface area contributed by atoms with Crippen molar-refractivity contribution in [2.24, 2.45) is 0 Å². The van der Waals surface area contributed by atoms with Gasteiger partial charge in [0.05, 0.1) is 17.5 Å². The molecule has 1 atom stereocenters. The summed E-state index contributed by atoms with van der Waals surface area (Å²) in [7, 11) is 0. The Labute approximate surface area is 154 Å². The quantitative estimate of drug-likeness (QED) is 0.488. The Morgan fingerprint density at radius 2 is 2.22 bits per heavy atom. The highest BCUT2D eigenvalue weighted by atomic mass is 19.1. The molecule has 3 aromatic rings. The Kier molecular flexibility index (Phi) is 4.09. The van der Waals surface area contributed by atoms with Gasteiger partial charge in [-0.15, -0.1) is 0 Å². The summed E-state index contributed by atoms with van der Waals surface area (Å²) < 4.78 is 20.4. The van der Waals surface area contributed by atoms with E-state index in [0.717, 1.165) is 5.56 Å². The third kappa shape index (κ3) is 2.91. The van der Waals surface area contributed by atoms with Crippen LogP contribution in [0.1, 0.15) is 40.3 Å². The molecule has 1 aromatic heterocycles. The van der Waals surface area contributed by atoms with Crippen molar-refractivity contribution in [3.05, 3.63) is 76.4 Å². The molecule has 1 unspecified atom stereocenters. The Morgan fingerprint density at radius 3 is 2.96 bits per heavy atom. The number of benzene rings is 2. The number of nitrogen functional groups attached to an aromatic ring is 1. The van der Waals surface area contributed by atoms with E-state index in [0.29, 0.717) is 41.0 Å². The molecule has 134 valence electrons. The molecule has 6 nitrogen and oxygen atoms in total. The Hall–Kier alpha value is -3.66. The van der Waals surface area contributed by atoms with E-state index in [1.54, 1.807) is 36.7 Å². The van der Waals surface area contributed by atoms with Gasteiger partial charge in [-0.1, -0.05) is 6.07 Å². The second-order valence-corrected chi connectivity index (χ2v) is 6.36. The molecule has 7 heteroatoms. The number of hydrogen-bond donors (Lipinski definition) is 3. The highest BCUT2D eigenvalue weighted by Gasteiger charge is 2.28. The lowest BCUT2D eigenvalue weighted by Gasteiger charge is -2.17. The Bertz CT molecular complexity index is 1070. The smallest absolute Gasteiger partial charge is 0.144 e. The maximum Gasteiger partial charge on any atom is 0.144 e. The van der Waals surface area contributed by atoms with E-state index in [1.165, 1.54) is 6.07 Å². The maximum absolute atomic E-state index is 14.3. The standard InChI is InChI=1S/C20H16FN5O/c21-19-11(8-22)1-3-14-15(19)4-6-18(14)27-13-2-5-17(23)16(7-13)20(24)12-9-25-26-10-12/h1-3,5,7,9-10,18,24H,4,6,23H2,(H,25,26). The molecule has 1 heterocycles. The van der Waals surface area contributed by atoms with Gasteiger partial charge < -0.3 is 10.5 Å². The molecule has 0 radical (unpaired) electrons. The minimum atomic E-state index is -0.458. The van der Waals surface area contributed by atoms with E-state index in [-0.39, 0.29) is 17.4 Å². The third-order valence-electron chi connectivity index (χ3n) is 4.76. The zero-order chi connectivity index (χ0) is 19.0. The molecule has 0 saturated carbocycles. The molecule has 0 amide bonds. The maximum atomic E-state index is 14.3. The molecule has 0 bridgehead atoms. The number of anilines is 1. The van der Waals surface area contributed by atoms with Crippen molar-refractivity contribution in [2.75, 3.05) is 5.73 Å². The largest absolute Gasteiger partial charge is 0.486 e.